The van der Waals surface area contributed by atoms with Crippen molar-refractivity contribution < 1.29 is 24.6 Å². The molecule has 1 rings (SSSR count). The van der Waals surface area contributed by atoms with E-state index in [9.17, 15) is 14.4 Å². The summed E-state index contributed by atoms with van der Waals surface area (Å²) in [5.74, 6) is -2.57. The fourth-order valence-electron chi connectivity index (χ4n) is 1.57. The van der Waals surface area contributed by atoms with Crippen molar-refractivity contribution in [2.75, 3.05) is 37.4 Å². The maximum atomic E-state index is 11.9. The molecule has 0 saturated carbocycles. The van der Waals surface area contributed by atoms with Gasteiger partial charge in [-0.15, -0.1) is 0 Å². The van der Waals surface area contributed by atoms with E-state index in [0.717, 1.165) is 5.69 Å². The summed E-state index contributed by atoms with van der Waals surface area (Å²) in [4.78, 5) is 35.8. The molecular formula is C13H17N3O5. The fourth-order valence-corrected chi connectivity index (χ4v) is 1.57. The zero-order valence-electron chi connectivity index (χ0n) is 11.7. The molecule has 0 aliphatic rings. The van der Waals surface area contributed by atoms with Crippen molar-refractivity contribution in [2.24, 2.45) is 0 Å². The molecule has 0 bridgehead atoms. The summed E-state index contributed by atoms with van der Waals surface area (Å²) in [6.45, 7) is -1.37. The lowest BCUT2D eigenvalue weighted by Crippen LogP contribution is -2.41. The van der Waals surface area contributed by atoms with Crippen LogP contribution < -0.4 is 10.2 Å². The minimum Gasteiger partial charge on any atom is -0.480 e. The molecule has 0 heterocycles. The lowest BCUT2D eigenvalue weighted by atomic mass is 10.2. The van der Waals surface area contributed by atoms with E-state index in [0.29, 0.717) is 10.6 Å². The quantitative estimate of drug-likeness (QED) is 0.714. The van der Waals surface area contributed by atoms with Crippen LogP contribution in [0.3, 0.4) is 0 Å². The molecule has 21 heavy (non-hydrogen) atoms. The number of carbonyl (C=O) groups excluding carboxylic acids is 1. The molecule has 2 amide bonds. The number of nitrogens with one attached hydrogen (secondary N) is 1. The topological polar surface area (TPSA) is 110 Å². The van der Waals surface area contributed by atoms with Crippen LogP contribution in [-0.4, -0.2) is 60.3 Å². The highest BCUT2D eigenvalue weighted by Crippen LogP contribution is 2.16. The van der Waals surface area contributed by atoms with Crippen molar-refractivity contribution in [3.63, 3.8) is 0 Å². The molecule has 0 aliphatic heterocycles. The minimum atomic E-state index is -1.28. The summed E-state index contributed by atoms with van der Waals surface area (Å²) in [5.41, 5.74) is 1.38. The Balaban J connectivity index is 2.75. The van der Waals surface area contributed by atoms with E-state index >= 15 is 0 Å². The normalized spacial score (nSPS) is 9.81. The summed E-state index contributed by atoms with van der Waals surface area (Å²) < 4.78 is 0. The highest BCUT2D eigenvalue weighted by molar-refractivity contribution is 5.93. The van der Waals surface area contributed by atoms with Crippen molar-refractivity contribution in [1.82, 2.24) is 4.90 Å². The van der Waals surface area contributed by atoms with Crippen LogP contribution in [0.2, 0.25) is 0 Å². The molecular weight excluding hydrogens is 278 g/mol. The smallest absolute Gasteiger partial charge is 0.323 e. The maximum absolute atomic E-state index is 11.9. The number of aliphatic carboxylic acids is 2. The molecule has 1 aromatic rings. The Morgan fingerprint density at radius 3 is 1.86 bits per heavy atom. The monoisotopic (exact) mass is 295 g/mol. The lowest BCUT2D eigenvalue weighted by Gasteiger charge is -2.19. The van der Waals surface area contributed by atoms with Crippen LogP contribution in [0.25, 0.3) is 0 Å². The zero-order chi connectivity index (χ0) is 16.0. The number of carboxylic acids is 2. The van der Waals surface area contributed by atoms with Crippen LogP contribution >= 0.6 is 0 Å². The molecule has 0 saturated heterocycles. The Hall–Kier alpha value is -2.77. The number of anilines is 2. The van der Waals surface area contributed by atoms with E-state index in [1.807, 2.05) is 19.0 Å². The van der Waals surface area contributed by atoms with E-state index in [4.69, 9.17) is 10.2 Å². The van der Waals surface area contributed by atoms with Gasteiger partial charge in [-0.2, -0.15) is 0 Å². The second-order valence-electron chi connectivity index (χ2n) is 4.51. The van der Waals surface area contributed by atoms with Gasteiger partial charge in [-0.05, 0) is 24.3 Å². The van der Waals surface area contributed by atoms with E-state index < -0.39 is 31.1 Å². The third-order valence-electron chi connectivity index (χ3n) is 2.57. The van der Waals surface area contributed by atoms with E-state index in [1.165, 1.54) is 0 Å². The highest BCUT2D eigenvalue weighted by Gasteiger charge is 2.19. The Labute approximate surface area is 121 Å². The van der Waals surface area contributed by atoms with E-state index in [2.05, 4.69) is 5.32 Å². The van der Waals surface area contributed by atoms with Crippen LogP contribution in [-0.2, 0) is 9.59 Å². The van der Waals surface area contributed by atoms with Crippen LogP contribution in [0.4, 0.5) is 16.2 Å². The van der Waals surface area contributed by atoms with Gasteiger partial charge in [0, 0.05) is 25.5 Å². The number of amides is 2. The van der Waals surface area contributed by atoms with Gasteiger partial charge in [-0.3, -0.25) is 9.59 Å². The number of carboxylic acid groups (broad SMARTS) is 2. The second-order valence-corrected chi connectivity index (χ2v) is 4.51. The van der Waals surface area contributed by atoms with Gasteiger partial charge in [-0.1, -0.05) is 0 Å². The summed E-state index contributed by atoms with van der Waals surface area (Å²) >= 11 is 0. The largest absolute Gasteiger partial charge is 0.480 e. The van der Waals surface area contributed by atoms with Gasteiger partial charge in [0.05, 0.1) is 0 Å². The number of carbonyl (C=O) groups is 3. The number of rotatable bonds is 6. The van der Waals surface area contributed by atoms with Crippen molar-refractivity contribution >= 4 is 29.3 Å². The van der Waals surface area contributed by atoms with Crippen molar-refractivity contribution in [2.45, 2.75) is 0 Å². The molecule has 0 radical (unpaired) electrons. The van der Waals surface area contributed by atoms with Gasteiger partial charge in [0.25, 0.3) is 0 Å². The van der Waals surface area contributed by atoms with Gasteiger partial charge < -0.3 is 25.3 Å². The first-order valence-corrected chi connectivity index (χ1v) is 6.06. The second kappa shape index (κ2) is 7.13. The first-order valence-electron chi connectivity index (χ1n) is 6.06. The number of benzene rings is 1. The van der Waals surface area contributed by atoms with Gasteiger partial charge in [0.1, 0.15) is 13.1 Å². The molecule has 8 nitrogen and oxygen atoms in total. The van der Waals surface area contributed by atoms with Crippen LogP contribution in [0.15, 0.2) is 24.3 Å². The molecule has 0 fully saturated rings. The molecule has 0 unspecified atom stereocenters. The van der Waals surface area contributed by atoms with Gasteiger partial charge in [0.15, 0.2) is 0 Å². The van der Waals surface area contributed by atoms with Gasteiger partial charge >= 0.3 is 18.0 Å². The Kier molecular flexibility index (Phi) is 5.53. The average molecular weight is 295 g/mol. The summed E-state index contributed by atoms with van der Waals surface area (Å²) in [6.07, 6.45) is 0. The summed E-state index contributed by atoms with van der Waals surface area (Å²) in [6, 6.07) is 6.06. The molecule has 1 aromatic carbocycles. The standard InChI is InChI=1S/C13H17N3O5/c1-15(2)10-5-3-9(4-6-10)14-13(21)16(7-11(17)18)8-12(19)20/h3-6H,7-8H2,1-2H3,(H,14,21)(H,17,18)(H,19,20). The van der Waals surface area contributed by atoms with Crippen molar-refractivity contribution in [3.8, 4) is 0 Å². The minimum absolute atomic E-state index is 0.450. The molecule has 0 atom stereocenters. The predicted molar refractivity (Wildman–Crippen MR) is 76.6 cm³/mol. The third-order valence-corrected chi connectivity index (χ3v) is 2.57. The number of nitrogens with zero attached hydrogens (tertiary/aromatic N) is 2. The van der Waals surface area contributed by atoms with E-state index in [-0.39, 0.29) is 0 Å². The lowest BCUT2D eigenvalue weighted by molar-refractivity contribution is -0.140. The van der Waals surface area contributed by atoms with Crippen LogP contribution in [0.5, 0.6) is 0 Å². The van der Waals surface area contributed by atoms with Crippen LogP contribution in [0, 0.1) is 0 Å². The van der Waals surface area contributed by atoms with Crippen LogP contribution in [0.1, 0.15) is 0 Å². The summed E-state index contributed by atoms with van der Waals surface area (Å²) in [7, 11) is 3.74. The van der Waals surface area contributed by atoms with Crippen molar-refractivity contribution in [1.29, 1.82) is 0 Å². The molecule has 0 aliphatic carbocycles. The first kappa shape index (κ1) is 16.3. The average Bonchev–Trinajstić information content (AvgIpc) is 2.37. The number of hydrogen-bond donors (Lipinski definition) is 3. The van der Waals surface area contributed by atoms with E-state index in [1.54, 1.807) is 24.3 Å². The molecule has 0 spiro atoms. The van der Waals surface area contributed by atoms with Crippen molar-refractivity contribution in [3.05, 3.63) is 24.3 Å². The predicted octanol–water partition coefficient (Wildman–Crippen LogP) is 0.756. The zero-order valence-corrected chi connectivity index (χ0v) is 11.7. The van der Waals surface area contributed by atoms with Gasteiger partial charge in [-0.25, -0.2) is 4.79 Å². The maximum Gasteiger partial charge on any atom is 0.323 e. The molecule has 8 heteroatoms. The Morgan fingerprint density at radius 2 is 1.48 bits per heavy atom. The third kappa shape index (κ3) is 5.39. The molecule has 114 valence electrons. The number of hydrogen-bond acceptors (Lipinski definition) is 4. The molecule has 0 aromatic heterocycles. The Bertz CT molecular complexity index is 511. The Morgan fingerprint density at radius 1 is 1.00 bits per heavy atom. The SMILES string of the molecule is CN(C)c1ccc(NC(=O)N(CC(=O)O)CC(=O)O)cc1. The highest BCUT2D eigenvalue weighted by atomic mass is 16.4. The number of urea groups is 1. The molecule has 3 N–H and O–H groups in total. The first-order chi connectivity index (χ1) is 9.79. The summed E-state index contributed by atoms with van der Waals surface area (Å²) in [5, 5.41) is 19.8. The fraction of sp³-hybridized carbons (Fsp3) is 0.308. The van der Waals surface area contributed by atoms with Gasteiger partial charge in [0.2, 0.25) is 0 Å².